The highest BCUT2D eigenvalue weighted by Crippen LogP contribution is 2.23. The van der Waals surface area contributed by atoms with Crippen LogP contribution in [0, 0.1) is 0 Å². The van der Waals surface area contributed by atoms with Crippen molar-refractivity contribution < 1.29 is 17.9 Å². The number of hydrogen-bond donors (Lipinski definition) is 0. The van der Waals surface area contributed by atoms with E-state index in [0.717, 1.165) is 37.9 Å². The Morgan fingerprint density at radius 2 is 2.00 bits per heavy atom. The minimum absolute atomic E-state index is 0.131. The van der Waals surface area contributed by atoms with Crippen LogP contribution in [0.1, 0.15) is 6.92 Å². The van der Waals surface area contributed by atoms with Crippen LogP contribution in [0.5, 0.6) is 0 Å². The van der Waals surface area contributed by atoms with E-state index in [1.165, 1.54) is 0 Å². The topological polar surface area (TPSA) is 28.1 Å². The van der Waals surface area contributed by atoms with Gasteiger partial charge < -0.3 is 9.64 Å². The first-order valence-corrected chi connectivity index (χ1v) is 7.65. The van der Waals surface area contributed by atoms with Crippen LogP contribution in [0.4, 0.5) is 13.2 Å². The Labute approximate surface area is 121 Å². The molecule has 0 saturated carbocycles. The van der Waals surface area contributed by atoms with Crippen LogP contribution in [0.3, 0.4) is 0 Å². The number of ether oxygens (including phenoxy) is 1. The van der Waals surface area contributed by atoms with Gasteiger partial charge in [0.25, 0.3) is 0 Å². The number of alkyl halides is 3. The number of nitrogens with zero attached hydrogens (tertiary/aromatic N) is 3. The van der Waals surface area contributed by atoms with Crippen LogP contribution in [0.25, 0.3) is 0 Å². The maximum atomic E-state index is 11.9. The molecule has 2 aliphatic heterocycles. The molecule has 20 heavy (non-hydrogen) atoms. The smallest absolute Gasteiger partial charge is 0.371 e. The van der Waals surface area contributed by atoms with Crippen LogP contribution in [0.15, 0.2) is 4.99 Å². The first-order valence-electron chi connectivity index (χ1n) is 6.77. The molecule has 0 aromatic heterocycles. The molecule has 2 heterocycles. The Hall–Kier alpha value is -0.470. The fourth-order valence-corrected chi connectivity index (χ4v) is 3.17. The first kappa shape index (κ1) is 15.9. The number of piperazine rings is 1. The monoisotopic (exact) mass is 311 g/mol. The molecule has 0 bridgehead atoms. The average molecular weight is 311 g/mol. The van der Waals surface area contributed by atoms with Gasteiger partial charge in [-0.1, -0.05) is 18.7 Å². The lowest BCUT2D eigenvalue weighted by Crippen LogP contribution is -2.48. The van der Waals surface area contributed by atoms with Gasteiger partial charge in [0.15, 0.2) is 5.17 Å². The number of amidine groups is 1. The molecular formula is C12H20F3N3OS. The molecule has 0 aromatic carbocycles. The van der Waals surface area contributed by atoms with E-state index in [9.17, 15) is 13.2 Å². The second-order valence-electron chi connectivity index (χ2n) is 5.05. The van der Waals surface area contributed by atoms with Crippen molar-refractivity contribution in [1.29, 1.82) is 0 Å². The summed E-state index contributed by atoms with van der Waals surface area (Å²) < 4.78 is 40.4. The Morgan fingerprint density at radius 1 is 1.30 bits per heavy atom. The molecule has 1 unspecified atom stereocenters. The lowest BCUT2D eigenvalue weighted by molar-refractivity contribution is -0.174. The summed E-state index contributed by atoms with van der Waals surface area (Å²) in [6.45, 7) is 6.05. The molecular weight excluding hydrogens is 291 g/mol. The molecule has 1 atom stereocenters. The van der Waals surface area contributed by atoms with Crippen molar-refractivity contribution in [2.75, 3.05) is 52.5 Å². The summed E-state index contributed by atoms with van der Waals surface area (Å²) >= 11 is 1.81. The molecule has 0 N–H and O–H groups in total. The summed E-state index contributed by atoms with van der Waals surface area (Å²) in [5.41, 5.74) is 0. The van der Waals surface area contributed by atoms with Crippen LogP contribution >= 0.6 is 11.8 Å². The molecule has 0 amide bonds. The normalized spacial score (nSPS) is 25.1. The van der Waals surface area contributed by atoms with Gasteiger partial charge in [0.05, 0.1) is 13.2 Å². The molecule has 116 valence electrons. The predicted octanol–water partition coefficient (Wildman–Crippen LogP) is 1.67. The van der Waals surface area contributed by atoms with E-state index < -0.39 is 12.8 Å². The first-order chi connectivity index (χ1) is 9.44. The van der Waals surface area contributed by atoms with Gasteiger partial charge in [-0.3, -0.25) is 9.89 Å². The van der Waals surface area contributed by atoms with Gasteiger partial charge in [-0.15, -0.1) is 0 Å². The molecule has 0 spiro atoms. The quantitative estimate of drug-likeness (QED) is 0.739. The summed E-state index contributed by atoms with van der Waals surface area (Å²) in [6, 6.07) is 0. The van der Waals surface area contributed by atoms with Crippen molar-refractivity contribution in [2.45, 2.75) is 18.3 Å². The van der Waals surface area contributed by atoms with Crippen molar-refractivity contribution in [3.63, 3.8) is 0 Å². The highest BCUT2D eigenvalue weighted by molar-refractivity contribution is 8.14. The second kappa shape index (κ2) is 7.00. The zero-order valence-corrected chi connectivity index (χ0v) is 12.3. The minimum atomic E-state index is -4.23. The molecule has 0 radical (unpaired) electrons. The van der Waals surface area contributed by atoms with Crippen molar-refractivity contribution in [3.8, 4) is 0 Å². The van der Waals surface area contributed by atoms with Gasteiger partial charge in [-0.05, 0) is 0 Å². The van der Waals surface area contributed by atoms with Crippen molar-refractivity contribution in [2.24, 2.45) is 4.99 Å². The van der Waals surface area contributed by atoms with Crippen molar-refractivity contribution in [1.82, 2.24) is 9.80 Å². The molecule has 2 aliphatic rings. The zero-order chi connectivity index (χ0) is 14.6. The number of rotatable bonds is 4. The fourth-order valence-electron chi connectivity index (χ4n) is 2.18. The summed E-state index contributed by atoms with van der Waals surface area (Å²) in [7, 11) is 0. The fraction of sp³-hybridized carbons (Fsp3) is 0.917. The summed E-state index contributed by atoms with van der Waals surface area (Å²) in [4.78, 5) is 8.91. The number of hydrogen-bond acceptors (Lipinski definition) is 5. The standard InChI is InChI=1S/C12H20F3N3OS/c1-10-8-16-11(20-10)18-4-2-17(3-5-18)6-7-19-9-12(13,14)15/h10H,2-9H2,1H3. The zero-order valence-electron chi connectivity index (χ0n) is 11.5. The highest BCUT2D eigenvalue weighted by Gasteiger charge is 2.28. The molecule has 4 nitrogen and oxygen atoms in total. The maximum Gasteiger partial charge on any atom is 0.411 e. The van der Waals surface area contributed by atoms with E-state index in [-0.39, 0.29) is 6.61 Å². The van der Waals surface area contributed by atoms with E-state index in [1.807, 2.05) is 0 Å². The van der Waals surface area contributed by atoms with Crippen LogP contribution < -0.4 is 0 Å². The summed E-state index contributed by atoms with van der Waals surface area (Å²) in [5, 5.41) is 1.67. The third kappa shape index (κ3) is 5.14. The lowest BCUT2D eigenvalue weighted by Gasteiger charge is -2.35. The average Bonchev–Trinajstić information content (AvgIpc) is 2.81. The van der Waals surface area contributed by atoms with E-state index in [4.69, 9.17) is 0 Å². The van der Waals surface area contributed by atoms with Crippen LogP contribution in [0.2, 0.25) is 0 Å². The number of halogens is 3. The molecule has 0 aliphatic carbocycles. The van der Waals surface area contributed by atoms with E-state index >= 15 is 0 Å². The van der Waals surface area contributed by atoms with Crippen LogP contribution in [-0.4, -0.2) is 78.9 Å². The van der Waals surface area contributed by atoms with Gasteiger partial charge in [0, 0.05) is 38.0 Å². The van der Waals surface area contributed by atoms with Gasteiger partial charge in [-0.25, -0.2) is 0 Å². The Morgan fingerprint density at radius 3 is 2.55 bits per heavy atom. The molecule has 2 rings (SSSR count). The Bertz CT molecular complexity index is 343. The largest absolute Gasteiger partial charge is 0.411 e. The van der Waals surface area contributed by atoms with Crippen molar-refractivity contribution in [3.05, 3.63) is 0 Å². The maximum absolute atomic E-state index is 11.9. The predicted molar refractivity (Wildman–Crippen MR) is 74.2 cm³/mol. The van der Waals surface area contributed by atoms with E-state index in [1.54, 1.807) is 11.8 Å². The second-order valence-corrected chi connectivity index (χ2v) is 6.45. The minimum Gasteiger partial charge on any atom is -0.371 e. The summed E-state index contributed by atoms with van der Waals surface area (Å²) in [5.74, 6) is 0. The van der Waals surface area contributed by atoms with E-state index in [0.29, 0.717) is 11.8 Å². The van der Waals surface area contributed by atoms with E-state index in [2.05, 4.69) is 26.5 Å². The van der Waals surface area contributed by atoms with Gasteiger partial charge in [0.2, 0.25) is 0 Å². The van der Waals surface area contributed by atoms with Crippen molar-refractivity contribution >= 4 is 16.9 Å². The Kier molecular flexibility index (Phi) is 5.57. The molecule has 0 aromatic rings. The third-order valence-electron chi connectivity index (χ3n) is 3.25. The van der Waals surface area contributed by atoms with Gasteiger partial charge in [0.1, 0.15) is 6.61 Å². The molecule has 1 saturated heterocycles. The summed E-state index contributed by atoms with van der Waals surface area (Å²) in [6.07, 6.45) is -4.23. The number of thioether (sulfide) groups is 1. The third-order valence-corrected chi connectivity index (χ3v) is 4.40. The SMILES string of the molecule is CC1CN=C(N2CCN(CCOCC(F)(F)F)CC2)S1. The van der Waals surface area contributed by atoms with Crippen LogP contribution in [-0.2, 0) is 4.74 Å². The molecule has 1 fully saturated rings. The molecule has 8 heteroatoms. The number of aliphatic imine (C=N–C) groups is 1. The van der Waals surface area contributed by atoms with Gasteiger partial charge in [-0.2, -0.15) is 13.2 Å². The van der Waals surface area contributed by atoms with Gasteiger partial charge >= 0.3 is 6.18 Å². The highest BCUT2D eigenvalue weighted by atomic mass is 32.2. The lowest BCUT2D eigenvalue weighted by atomic mass is 10.3. The Balaban J connectivity index is 1.60.